The van der Waals surface area contributed by atoms with Crippen LogP contribution in [0.5, 0.6) is 0 Å². The smallest absolute Gasteiger partial charge is 0.345 e. The zero-order valence-electron chi connectivity index (χ0n) is 13.3. The Labute approximate surface area is 161 Å². The molecule has 1 N–H and O–H groups in total. The quantitative estimate of drug-likeness (QED) is 0.279. The first-order valence-electron chi connectivity index (χ1n) is 7.73. The van der Waals surface area contributed by atoms with E-state index in [1.165, 1.54) is 11.3 Å². The van der Waals surface area contributed by atoms with Crippen LogP contribution in [-0.2, 0) is 0 Å². The third-order valence-corrected chi connectivity index (χ3v) is 5.12. The Bertz CT molecular complexity index is 1150. The molecule has 0 atom stereocenters. The van der Waals surface area contributed by atoms with Gasteiger partial charge in [0.25, 0.3) is 0 Å². The van der Waals surface area contributed by atoms with Crippen molar-refractivity contribution in [2.45, 2.75) is 0 Å². The maximum atomic E-state index is 12.2. The molecule has 26 heavy (non-hydrogen) atoms. The average Bonchev–Trinajstić information content (AvgIpc) is 3.11. The Morgan fingerprint density at radius 2 is 1.96 bits per heavy atom. The van der Waals surface area contributed by atoms with E-state index < -0.39 is 0 Å². The molecule has 0 saturated heterocycles. The van der Waals surface area contributed by atoms with Crippen LogP contribution in [0.15, 0.2) is 79.6 Å². The molecule has 4 rings (SSSR count). The largest absolute Gasteiger partial charge is 0.422 e. The SMILES string of the molecule is O=c1oc2ccccc2cc1-c1cnc(N/N=C/c2ccc(Br)cc2)s1. The summed E-state index contributed by atoms with van der Waals surface area (Å²) in [7, 11) is 0. The van der Waals surface area contributed by atoms with Crippen LogP contribution in [-0.4, -0.2) is 11.2 Å². The Morgan fingerprint density at radius 1 is 1.15 bits per heavy atom. The summed E-state index contributed by atoms with van der Waals surface area (Å²) in [5.74, 6) is 0. The lowest BCUT2D eigenvalue weighted by atomic mass is 10.2. The van der Waals surface area contributed by atoms with E-state index in [0.29, 0.717) is 16.3 Å². The Hall–Kier alpha value is -2.77. The van der Waals surface area contributed by atoms with Gasteiger partial charge in [-0.15, -0.1) is 0 Å². The van der Waals surface area contributed by atoms with Crippen LogP contribution in [0.1, 0.15) is 5.56 Å². The van der Waals surface area contributed by atoms with Gasteiger partial charge < -0.3 is 4.42 Å². The molecule has 0 aliphatic carbocycles. The molecule has 2 aromatic carbocycles. The van der Waals surface area contributed by atoms with Gasteiger partial charge in [0.1, 0.15) is 5.58 Å². The molecule has 0 bridgehead atoms. The number of hydrazone groups is 1. The predicted octanol–water partition coefficient (Wildman–Crippen LogP) is 5.13. The van der Waals surface area contributed by atoms with Crippen LogP contribution >= 0.6 is 27.3 Å². The van der Waals surface area contributed by atoms with Crippen molar-refractivity contribution in [2.75, 3.05) is 5.43 Å². The third-order valence-electron chi connectivity index (χ3n) is 3.66. The molecule has 0 radical (unpaired) electrons. The molecule has 7 heteroatoms. The molecule has 0 unspecified atom stereocenters. The molecule has 5 nitrogen and oxygen atoms in total. The first-order chi connectivity index (χ1) is 12.7. The molecular formula is C19H12BrN3O2S. The van der Waals surface area contributed by atoms with Gasteiger partial charge in [-0.3, -0.25) is 5.43 Å². The van der Waals surface area contributed by atoms with Gasteiger partial charge in [0.15, 0.2) is 0 Å². The second-order valence-corrected chi connectivity index (χ2v) is 7.38. The van der Waals surface area contributed by atoms with Crippen molar-refractivity contribution in [3.8, 4) is 10.4 Å². The van der Waals surface area contributed by atoms with Crippen LogP contribution < -0.4 is 11.1 Å². The number of anilines is 1. The summed E-state index contributed by atoms with van der Waals surface area (Å²) >= 11 is 4.74. The zero-order chi connectivity index (χ0) is 17.9. The molecule has 0 fully saturated rings. The molecule has 0 amide bonds. The molecule has 0 aliphatic rings. The van der Waals surface area contributed by atoms with E-state index in [2.05, 4.69) is 31.4 Å². The number of thiazole rings is 1. The predicted molar refractivity (Wildman–Crippen MR) is 109 cm³/mol. The van der Waals surface area contributed by atoms with Gasteiger partial charge in [-0.1, -0.05) is 57.6 Å². The number of nitrogens with one attached hydrogen (secondary N) is 1. The van der Waals surface area contributed by atoms with E-state index in [1.807, 2.05) is 48.5 Å². The summed E-state index contributed by atoms with van der Waals surface area (Å²) in [5.41, 5.74) is 4.54. The number of para-hydroxylation sites is 1. The van der Waals surface area contributed by atoms with E-state index >= 15 is 0 Å². The number of aromatic nitrogens is 1. The van der Waals surface area contributed by atoms with Crippen LogP contribution in [0.2, 0.25) is 0 Å². The van der Waals surface area contributed by atoms with Crippen LogP contribution in [0, 0.1) is 0 Å². The molecular weight excluding hydrogens is 414 g/mol. The van der Waals surface area contributed by atoms with E-state index in [0.717, 1.165) is 20.3 Å². The summed E-state index contributed by atoms with van der Waals surface area (Å²) in [5, 5.41) is 5.65. The summed E-state index contributed by atoms with van der Waals surface area (Å²) < 4.78 is 6.39. The van der Waals surface area contributed by atoms with E-state index in [9.17, 15) is 4.79 Å². The molecule has 2 heterocycles. The lowest BCUT2D eigenvalue weighted by Crippen LogP contribution is -2.01. The fraction of sp³-hybridized carbons (Fsp3) is 0. The lowest BCUT2D eigenvalue weighted by Gasteiger charge is -1.99. The molecule has 0 saturated carbocycles. The topological polar surface area (TPSA) is 67.5 Å². The number of hydrogen-bond acceptors (Lipinski definition) is 6. The molecule has 4 aromatic rings. The number of nitrogens with zero attached hydrogens (tertiary/aromatic N) is 2. The highest BCUT2D eigenvalue weighted by Crippen LogP contribution is 2.28. The highest BCUT2D eigenvalue weighted by molar-refractivity contribution is 9.10. The van der Waals surface area contributed by atoms with Crippen LogP contribution in [0.4, 0.5) is 5.13 Å². The van der Waals surface area contributed by atoms with Crippen molar-refractivity contribution in [3.05, 3.63) is 81.3 Å². The Morgan fingerprint density at radius 3 is 2.81 bits per heavy atom. The van der Waals surface area contributed by atoms with Gasteiger partial charge in [0.05, 0.1) is 16.7 Å². The van der Waals surface area contributed by atoms with E-state index in [1.54, 1.807) is 18.5 Å². The fourth-order valence-corrected chi connectivity index (χ4v) is 3.43. The number of rotatable bonds is 4. The second kappa shape index (κ2) is 7.23. The van der Waals surface area contributed by atoms with Crippen LogP contribution in [0.25, 0.3) is 21.4 Å². The Balaban J connectivity index is 1.55. The first kappa shape index (κ1) is 16.7. The minimum Gasteiger partial charge on any atom is -0.422 e. The van der Waals surface area contributed by atoms with Crippen molar-refractivity contribution in [2.24, 2.45) is 5.10 Å². The molecule has 0 aliphatic heterocycles. The minimum atomic E-state index is -0.378. The van der Waals surface area contributed by atoms with E-state index in [-0.39, 0.29) is 5.63 Å². The second-order valence-electron chi connectivity index (χ2n) is 5.44. The average molecular weight is 426 g/mol. The fourth-order valence-electron chi connectivity index (χ4n) is 2.39. The van der Waals surface area contributed by atoms with Crippen molar-refractivity contribution in [1.82, 2.24) is 4.98 Å². The first-order valence-corrected chi connectivity index (χ1v) is 9.34. The van der Waals surface area contributed by atoms with Gasteiger partial charge in [-0.2, -0.15) is 5.10 Å². The number of benzene rings is 2. The van der Waals surface area contributed by atoms with Crippen LogP contribution in [0.3, 0.4) is 0 Å². The van der Waals surface area contributed by atoms with Gasteiger partial charge >= 0.3 is 5.63 Å². The third kappa shape index (κ3) is 3.58. The van der Waals surface area contributed by atoms with Gasteiger partial charge in [-0.05, 0) is 29.8 Å². The number of hydrogen-bond donors (Lipinski definition) is 1. The monoisotopic (exact) mass is 425 g/mol. The molecule has 128 valence electrons. The van der Waals surface area contributed by atoms with E-state index in [4.69, 9.17) is 4.42 Å². The summed E-state index contributed by atoms with van der Waals surface area (Å²) in [4.78, 5) is 17.2. The number of halogens is 1. The van der Waals surface area contributed by atoms with Gasteiger partial charge in [-0.25, -0.2) is 9.78 Å². The number of fused-ring (bicyclic) bond motifs is 1. The highest BCUT2D eigenvalue weighted by Gasteiger charge is 2.11. The summed E-state index contributed by atoms with van der Waals surface area (Å²) in [6.45, 7) is 0. The maximum absolute atomic E-state index is 12.2. The summed E-state index contributed by atoms with van der Waals surface area (Å²) in [6.07, 6.45) is 3.35. The van der Waals surface area contributed by atoms with Crippen molar-refractivity contribution >= 4 is 49.6 Å². The highest BCUT2D eigenvalue weighted by atomic mass is 79.9. The molecule has 2 aromatic heterocycles. The van der Waals surface area contributed by atoms with Crippen molar-refractivity contribution in [3.63, 3.8) is 0 Å². The normalized spacial score (nSPS) is 11.3. The standard InChI is InChI=1S/C19H12BrN3O2S/c20-14-7-5-12(6-8-14)10-22-23-19-21-11-17(26-19)15-9-13-3-1-2-4-16(13)25-18(15)24/h1-11H,(H,21,23)/b22-10+. The maximum Gasteiger partial charge on any atom is 0.345 e. The Kier molecular flexibility index (Phi) is 4.64. The van der Waals surface area contributed by atoms with Crippen molar-refractivity contribution < 1.29 is 4.42 Å². The lowest BCUT2D eigenvalue weighted by molar-refractivity contribution is 0.563. The zero-order valence-corrected chi connectivity index (χ0v) is 15.8. The van der Waals surface area contributed by atoms with Crippen molar-refractivity contribution in [1.29, 1.82) is 0 Å². The molecule has 0 spiro atoms. The minimum absolute atomic E-state index is 0.378. The van der Waals surface area contributed by atoms with Gasteiger partial charge in [0, 0.05) is 16.1 Å². The van der Waals surface area contributed by atoms with Gasteiger partial charge in [0.2, 0.25) is 5.13 Å². The summed E-state index contributed by atoms with van der Waals surface area (Å²) in [6, 6.07) is 17.0.